The predicted octanol–water partition coefficient (Wildman–Crippen LogP) is 7.09. The normalized spacial score (nSPS) is 14.4. The average molecular weight is 439 g/mol. The summed E-state index contributed by atoms with van der Waals surface area (Å²) in [6.07, 6.45) is 15.1. The van der Waals surface area contributed by atoms with E-state index in [1.165, 1.54) is 50.5 Å². The third-order valence-electron chi connectivity index (χ3n) is 5.46. The van der Waals surface area contributed by atoms with Crippen LogP contribution >= 0.6 is 7.37 Å². The fourth-order valence-electron chi connectivity index (χ4n) is 3.55. The van der Waals surface area contributed by atoms with E-state index in [9.17, 15) is 9.46 Å². The Morgan fingerprint density at radius 2 is 1.41 bits per heavy atom. The molecule has 0 saturated heterocycles. The average Bonchev–Trinajstić information content (AvgIpc) is 2.64. The first kappa shape index (κ1) is 26.9. The van der Waals surface area contributed by atoms with Gasteiger partial charge in [-0.3, -0.25) is 4.57 Å². The second-order valence-electron chi connectivity index (χ2n) is 7.84. The first-order valence-electron chi connectivity index (χ1n) is 10.9. The van der Waals surface area contributed by atoms with Crippen molar-refractivity contribution in [3.05, 3.63) is 29.8 Å². The van der Waals surface area contributed by atoms with Crippen LogP contribution in [0.1, 0.15) is 97.0 Å². The molecular formula is C23H41NiO2P. The SMILES string of the molecule is CCCCCCCCCc1ccc(P(=O)(O)CC(CC)CCCC)cc1.[Ni]. The summed E-state index contributed by atoms with van der Waals surface area (Å²) in [5.41, 5.74) is 1.29. The van der Waals surface area contributed by atoms with E-state index in [2.05, 4.69) is 32.9 Å². The minimum Gasteiger partial charge on any atom is -0.341 e. The molecule has 160 valence electrons. The van der Waals surface area contributed by atoms with Crippen molar-refractivity contribution in [2.75, 3.05) is 6.16 Å². The van der Waals surface area contributed by atoms with E-state index in [0.717, 1.165) is 32.1 Å². The van der Waals surface area contributed by atoms with Crippen LogP contribution in [0.5, 0.6) is 0 Å². The van der Waals surface area contributed by atoms with E-state index in [1.54, 1.807) is 0 Å². The van der Waals surface area contributed by atoms with Crippen LogP contribution in [0.25, 0.3) is 0 Å². The molecular weight excluding hydrogens is 398 g/mol. The largest absolute Gasteiger partial charge is 0.341 e. The van der Waals surface area contributed by atoms with Gasteiger partial charge in [0.05, 0.1) is 0 Å². The quantitative estimate of drug-likeness (QED) is 0.180. The Kier molecular flexibility index (Phi) is 15.7. The molecule has 2 atom stereocenters. The zero-order chi connectivity index (χ0) is 19.3. The van der Waals surface area contributed by atoms with Gasteiger partial charge in [0.2, 0.25) is 7.37 Å². The summed E-state index contributed by atoms with van der Waals surface area (Å²) in [4.78, 5) is 10.5. The Hall–Kier alpha value is -0.0965. The summed E-state index contributed by atoms with van der Waals surface area (Å²) < 4.78 is 12.8. The fourth-order valence-corrected chi connectivity index (χ4v) is 5.52. The van der Waals surface area contributed by atoms with Crippen molar-refractivity contribution in [3.8, 4) is 0 Å². The maximum atomic E-state index is 12.8. The molecule has 1 aromatic carbocycles. The molecule has 0 fully saturated rings. The van der Waals surface area contributed by atoms with Crippen LogP contribution in [-0.2, 0) is 27.5 Å². The van der Waals surface area contributed by atoms with Gasteiger partial charge in [-0.1, -0.05) is 90.7 Å². The van der Waals surface area contributed by atoms with Gasteiger partial charge in [-0.15, -0.1) is 0 Å². The van der Waals surface area contributed by atoms with E-state index in [1.807, 2.05) is 12.1 Å². The Morgan fingerprint density at radius 1 is 0.852 bits per heavy atom. The van der Waals surface area contributed by atoms with Crippen molar-refractivity contribution in [3.63, 3.8) is 0 Å². The van der Waals surface area contributed by atoms with Crippen molar-refractivity contribution < 1.29 is 25.9 Å². The minimum absolute atomic E-state index is 0. The van der Waals surface area contributed by atoms with E-state index < -0.39 is 7.37 Å². The van der Waals surface area contributed by atoms with Gasteiger partial charge < -0.3 is 4.89 Å². The number of aryl methyl sites for hydroxylation is 1. The van der Waals surface area contributed by atoms with E-state index in [4.69, 9.17) is 0 Å². The fraction of sp³-hybridized carbons (Fsp3) is 0.739. The van der Waals surface area contributed by atoms with Crippen LogP contribution in [0, 0.1) is 5.92 Å². The number of hydrogen-bond acceptors (Lipinski definition) is 1. The maximum absolute atomic E-state index is 12.8. The molecule has 2 unspecified atom stereocenters. The summed E-state index contributed by atoms with van der Waals surface area (Å²) in [5, 5.41) is 0.635. The molecule has 2 nitrogen and oxygen atoms in total. The van der Waals surface area contributed by atoms with Crippen molar-refractivity contribution in [1.82, 2.24) is 0 Å². The molecule has 0 heterocycles. The van der Waals surface area contributed by atoms with Crippen molar-refractivity contribution in [2.24, 2.45) is 5.92 Å². The molecule has 0 aromatic heterocycles. The molecule has 1 aromatic rings. The van der Waals surface area contributed by atoms with Gasteiger partial charge in [-0.2, -0.15) is 0 Å². The topological polar surface area (TPSA) is 37.3 Å². The summed E-state index contributed by atoms with van der Waals surface area (Å²) in [6, 6.07) is 7.90. The van der Waals surface area contributed by atoms with E-state index >= 15 is 0 Å². The molecule has 0 saturated carbocycles. The van der Waals surface area contributed by atoms with Crippen LogP contribution in [-0.4, -0.2) is 11.1 Å². The van der Waals surface area contributed by atoms with E-state index in [-0.39, 0.29) is 16.5 Å². The molecule has 0 amide bonds. The standard InChI is InChI=1S/C23H41O2P.Ni/c1-4-7-9-10-11-12-13-15-22-16-18-23(19-17-22)26(24,25)20-21(6-3)14-8-5-2;/h16-19,21H,4-15,20H2,1-3H3,(H,24,25);. The summed E-state index contributed by atoms with van der Waals surface area (Å²) >= 11 is 0. The van der Waals surface area contributed by atoms with Gasteiger partial charge >= 0.3 is 0 Å². The molecule has 4 heteroatoms. The van der Waals surface area contributed by atoms with Crippen LogP contribution in [0.4, 0.5) is 0 Å². The molecule has 0 radical (unpaired) electrons. The predicted molar refractivity (Wildman–Crippen MR) is 116 cm³/mol. The Balaban J connectivity index is 0.00000676. The van der Waals surface area contributed by atoms with Gasteiger partial charge in [0, 0.05) is 28.0 Å². The van der Waals surface area contributed by atoms with Gasteiger partial charge in [-0.25, -0.2) is 0 Å². The number of benzene rings is 1. The Labute approximate surface area is 178 Å². The van der Waals surface area contributed by atoms with Gasteiger partial charge in [0.1, 0.15) is 0 Å². The van der Waals surface area contributed by atoms with Gasteiger partial charge in [-0.05, 0) is 42.9 Å². The second-order valence-corrected chi connectivity index (χ2v) is 10.1. The third-order valence-corrected chi connectivity index (χ3v) is 7.57. The van der Waals surface area contributed by atoms with Crippen LogP contribution in [0.3, 0.4) is 0 Å². The summed E-state index contributed by atoms with van der Waals surface area (Å²) in [5.74, 6) is 0.359. The number of unbranched alkanes of at least 4 members (excludes halogenated alkanes) is 7. The maximum Gasteiger partial charge on any atom is 0.229 e. The molecule has 0 aliphatic rings. The zero-order valence-corrected chi connectivity index (χ0v) is 19.6. The van der Waals surface area contributed by atoms with E-state index in [0.29, 0.717) is 17.4 Å². The molecule has 1 rings (SSSR count). The second kappa shape index (κ2) is 15.8. The monoisotopic (exact) mass is 438 g/mol. The smallest absolute Gasteiger partial charge is 0.229 e. The van der Waals surface area contributed by atoms with Gasteiger partial charge in [0.15, 0.2) is 0 Å². The summed E-state index contributed by atoms with van der Waals surface area (Å²) in [6.45, 7) is 6.56. The van der Waals surface area contributed by atoms with Crippen molar-refractivity contribution >= 4 is 12.7 Å². The zero-order valence-electron chi connectivity index (χ0n) is 17.7. The molecule has 0 aliphatic heterocycles. The van der Waals surface area contributed by atoms with Crippen LogP contribution in [0.15, 0.2) is 24.3 Å². The first-order valence-corrected chi connectivity index (χ1v) is 12.8. The minimum atomic E-state index is -3.23. The number of hydrogen-bond donors (Lipinski definition) is 1. The van der Waals surface area contributed by atoms with Gasteiger partial charge in [0.25, 0.3) is 0 Å². The third kappa shape index (κ3) is 11.5. The molecule has 1 N–H and O–H groups in total. The van der Waals surface area contributed by atoms with Crippen molar-refractivity contribution in [1.29, 1.82) is 0 Å². The molecule has 27 heavy (non-hydrogen) atoms. The molecule has 0 spiro atoms. The van der Waals surface area contributed by atoms with Crippen LogP contribution < -0.4 is 5.30 Å². The Bertz CT molecular complexity index is 516. The Morgan fingerprint density at radius 3 is 1.96 bits per heavy atom. The molecule has 0 aliphatic carbocycles. The van der Waals surface area contributed by atoms with Crippen LogP contribution in [0.2, 0.25) is 0 Å². The van der Waals surface area contributed by atoms with Crippen molar-refractivity contribution in [2.45, 2.75) is 97.8 Å². The number of rotatable bonds is 15. The molecule has 0 bridgehead atoms. The summed E-state index contributed by atoms with van der Waals surface area (Å²) in [7, 11) is -3.23. The first-order chi connectivity index (χ1) is 12.5.